The van der Waals surface area contributed by atoms with E-state index in [2.05, 4.69) is 12.1 Å². The highest BCUT2D eigenvalue weighted by molar-refractivity contribution is 5.49. The molecule has 1 heteroatoms. The third-order valence-electron chi connectivity index (χ3n) is 4.01. The van der Waals surface area contributed by atoms with Crippen LogP contribution < -0.4 is 4.74 Å². The van der Waals surface area contributed by atoms with Gasteiger partial charge in [-0.05, 0) is 67.2 Å². The Bertz CT molecular complexity index is 379. The van der Waals surface area contributed by atoms with Gasteiger partial charge in [0.25, 0.3) is 0 Å². The van der Waals surface area contributed by atoms with Gasteiger partial charge < -0.3 is 4.74 Å². The van der Waals surface area contributed by atoms with Crippen molar-refractivity contribution < 1.29 is 4.74 Å². The average molecular weight is 202 g/mol. The molecule has 1 aromatic rings. The monoisotopic (exact) mass is 202 g/mol. The number of ether oxygens (including phenoxy) is 1. The molecule has 1 aromatic carbocycles. The van der Waals surface area contributed by atoms with E-state index in [4.69, 9.17) is 4.74 Å². The van der Waals surface area contributed by atoms with Crippen LogP contribution in [0.4, 0.5) is 0 Å². The van der Waals surface area contributed by atoms with Crippen LogP contribution >= 0.6 is 0 Å². The minimum absolute atomic E-state index is 0.840. The molecule has 0 N–H and O–H groups in total. The first kappa shape index (κ1) is 9.26. The van der Waals surface area contributed by atoms with Crippen LogP contribution in [-0.4, -0.2) is 7.11 Å². The summed E-state index contributed by atoms with van der Waals surface area (Å²) in [6.07, 6.45) is 8.02. The molecular weight excluding hydrogens is 184 g/mol. The van der Waals surface area contributed by atoms with Crippen molar-refractivity contribution in [3.05, 3.63) is 28.8 Å². The Morgan fingerprint density at radius 1 is 1.13 bits per heavy atom. The summed E-state index contributed by atoms with van der Waals surface area (Å²) in [4.78, 5) is 0. The minimum Gasteiger partial charge on any atom is -0.496 e. The molecule has 0 saturated heterocycles. The van der Waals surface area contributed by atoms with Crippen LogP contribution in [0.5, 0.6) is 5.75 Å². The lowest BCUT2D eigenvalue weighted by Gasteiger charge is -2.32. The zero-order valence-electron chi connectivity index (χ0n) is 9.38. The maximum atomic E-state index is 5.48. The van der Waals surface area contributed by atoms with Crippen molar-refractivity contribution in [3.8, 4) is 5.75 Å². The molecule has 80 valence electrons. The van der Waals surface area contributed by atoms with E-state index < -0.39 is 0 Å². The zero-order chi connectivity index (χ0) is 10.3. The van der Waals surface area contributed by atoms with Gasteiger partial charge in [-0.2, -0.15) is 0 Å². The highest BCUT2D eigenvalue weighted by Crippen LogP contribution is 2.44. The first-order chi connectivity index (χ1) is 7.40. The number of benzene rings is 1. The molecule has 1 nitrogen and oxygen atoms in total. The lowest BCUT2D eigenvalue weighted by Crippen LogP contribution is -2.17. The molecule has 0 saturated carbocycles. The molecule has 2 aliphatic rings. The third-order valence-corrected chi connectivity index (χ3v) is 4.01. The Balaban J connectivity index is 2.18. The SMILES string of the molecule is COc1ccc2c3c1CCCC3CCC2. The summed E-state index contributed by atoms with van der Waals surface area (Å²) in [6, 6.07) is 4.46. The van der Waals surface area contributed by atoms with E-state index in [0.29, 0.717) is 0 Å². The van der Waals surface area contributed by atoms with E-state index in [0.717, 1.165) is 11.7 Å². The third kappa shape index (κ3) is 1.37. The Morgan fingerprint density at radius 2 is 1.93 bits per heavy atom. The molecule has 1 unspecified atom stereocenters. The summed E-state index contributed by atoms with van der Waals surface area (Å²) in [5.74, 6) is 1.97. The van der Waals surface area contributed by atoms with Gasteiger partial charge in [0.05, 0.1) is 7.11 Å². The molecule has 0 radical (unpaired) electrons. The second kappa shape index (κ2) is 3.55. The Labute approximate surface area is 91.5 Å². The number of methoxy groups -OCH3 is 1. The Hall–Kier alpha value is -0.980. The van der Waals surface area contributed by atoms with Crippen LogP contribution in [0.25, 0.3) is 0 Å². The van der Waals surface area contributed by atoms with E-state index in [1.165, 1.54) is 44.1 Å². The van der Waals surface area contributed by atoms with Crippen LogP contribution in [0.2, 0.25) is 0 Å². The second-order valence-electron chi connectivity index (χ2n) is 4.80. The normalized spacial score (nSPS) is 23.4. The van der Waals surface area contributed by atoms with Crippen molar-refractivity contribution in [3.63, 3.8) is 0 Å². The summed E-state index contributed by atoms with van der Waals surface area (Å²) in [7, 11) is 1.80. The molecule has 0 amide bonds. The second-order valence-corrected chi connectivity index (χ2v) is 4.80. The molecule has 3 rings (SSSR count). The summed E-state index contributed by atoms with van der Waals surface area (Å²) < 4.78 is 5.48. The van der Waals surface area contributed by atoms with Crippen LogP contribution in [0.15, 0.2) is 12.1 Å². The molecular formula is C14H18O. The summed E-state index contributed by atoms with van der Waals surface area (Å²) in [5.41, 5.74) is 4.78. The Morgan fingerprint density at radius 3 is 2.73 bits per heavy atom. The van der Waals surface area contributed by atoms with Gasteiger partial charge in [-0.3, -0.25) is 0 Å². The molecule has 15 heavy (non-hydrogen) atoms. The maximum Gasteiger partial charge on any atom is 0.122 e. The molecule has 0 aliphatic heterocycles. The van der Waals surface area contributed by atoms with E-state index >= 15 is 0 Å². The number of rotatable bonds is 1. The molecule has 0 bridgehead atoms. The smallest absolute Gasteiger partial charge is 0.122 e. The molecule has 0 aromatic heterocycles. The quantitative estimate of drug-likeness (QED) is 0.677. The van der Waals surface area contributed by atoms with Crippen molar-refractivity contribution in [2.75, 3.05) is 7.11 Å². The number of hydrogen-bond acceptors (Lipinski definition) is 1. The largest absolute Gasteiger partial charge is 0.496 e. The first-order valence-electron chi connectivity index (χ1n) is 6.09. The Kier molecular flexibility index (Phi) is 2.19. The molecule has 2 aliphatic carbocycles. The van der Waals surface area contributed by atoms with E-state index in [-0.39, 0.29) is 0 Å². The van der Waals surface area contributed by atoms with Gasteiger partial charge in [-0.15, -0.1) is 0 Å². The van der Waals surface area contributed by atoms with Crippen molar-refractivity contribution in [2.24, 2.45) is 0 Å². The van der Waals surface area contributed by atoms with Gasteiger partial charge in [-0.25, -0.2) is 0 Å². The average Bonchev–Trinajstić information content (AvgIpc) is 2.30. The molecule has 0 heterocycles. The van der Waals surface area contributed by atoms with Crippen LogP contribution in [0.3, 0.4) is 0 Å². The van der Waals surface area contributed by atoms with E-state index in [1.807, 2.05) is 0 Å². The van der Waals surface area contributed by atoms with Crippen LogP contribution in [0.1, 0.15) is 48.3 Å². The van der Waals surface area contributed by atoms with Gasteiger partial charge in [-0.1, -0.05) is 6.07 Å². The fraction of sp³-hybridized carbons (Fsp3) is 0.571. The maximum absolute atomic E-state index is 5.48. The van der Waals surface area contributed by atoms with Gasteiger partial charge in [0, 0.05) is 0 Å². The minimum atomic E-state index is 0.840. The van der Waals surface area contributed by atoms with Crippen molar-refractivity contribution >= 4 is 0 Å². The van der Waals surface area contributed by atoms with Gasteiger partial charge >= 0.3 is 0 Å². The lowest BCUT2D eigenvalue weighted by molar-refractivity contribution is 0.396. The van der Waals surface area contributed by atoms with Crippen molar-refractivity contribution in [1.29, 1.82) is 0 Å². The predicted molar refractivity (Wildman–Crippen MR) is 61.6 cm³/mol. The van der Waals surface area contributed by atoms with Gasteiger partial charge in [0.2, 0.25) is 0 Å². The standard InChI is InChI=1S/C14H18O/c1-15-13-9-8-11-5-2-4-10-6-3-7-12(13)14(10)11/h8-10H,2-7H2,1H3. The fourth-order valence-corrected chi connectivity index (χ4v) is 3.37. The zero-order valence-corrected chi connectivity index (χ0v) is 9.38. The summed E-state index contributed by atoms with van der Waals surface area (Å²) in [6.45, 7) is 0. The molecule has 1 atom stereocenters. The predicted octanol–water partition coefficient (Wildman–Crippen LogP) is 3.45. The van der Waals surface area contributed by atoms with E-state index in [1.54, 1.807) is 18.2 Å². The topological polar surface area (TPSA) is 9.23 Å². The highest BCUT2D eigenvalue weighted by atomic mass is 16.5. The van der Waals surface area contributed by atoms with Gasteiger partial charge in [0.15, 0.2) is 0 Å². The number of aryl methyl sites for hydroxylation is 1. The molecule has 0 spiro atoms. The summed E-state index contributed by atoms with van der Waals surface area (Å²) >= 11 is 0. The lowest BCUT2D eigenvalue weighted by atomic mass is 9.73. The van der Waals surface area contributed by atoms with Crippen molar-refractivity contribution in [2.45, 2.75) is 44.4 Å². The van der Waals surface area contributed by atoms with Gasteiger partial charge in [0.1, 0.15) is 5.75 Å². The fourth-order valence-electron chi connectivity index (χ4n) is 3.37. The first-order valence-corrected chi connectivity index (χ1v) is 6.09. The molecule has 0 fully saturated rings. The van der Waals surface area contributed by atoms with Crippen LogP contribution in [-0.2, 0) is 12.8 Å². The van der Waals surface area contributed by atoms with Crippen molar-refractivity contribution in [1.82, 2.24) is 0 Å². The highest BCUT2D eigenvalue weighted by Gasteiger charge is 2.27. The summed E-state index contributed by atoms with van der Waals surface area (Å²) in [5, 5.41) is 0. The van der Waals surface area contributed by atoms with Crippen LogP contribution in [0, 0.1) is 0 Å². The number of hydrogen-bond donors (Lipinski definition) is 0. The van der Waals surface area contributed by atoms with E-state index in [9.17, 15) is 0 Å².